The summed E-state index contributed by atoms with van der Waals surface area (Å²) in [6, 6.07) is -0.0577. The minimum absolute atomic E-state index is 0.0577. The van der Waals surface area contributed by atoms with Gasteiger partial charge in [0.2, 0.25) is 5.91 Å². The SMILES string of the molecule is CCCCCCCNC(C)C(=O)NCCC. The van der Waals surface area contributed by atoms with E-state index in [0.29, 0.717) is 0 Å². The zero-order chi connectivity index (χ0) is 12.2. The average molecular weight is 228 g/mol. The van der Waals surface area contributed by atoms with Crippen molar-refractivity contribution in [1.29, 1.82) is 0 Å². The smallest absolute Gasteiger partial charge is 0.236 e. The maximum absolute atomic E-state index is 11.5. The first-order chi connectivity index (χ1) is 7.72. The first-order valence-electron chi connectivity index (χ1n) is 6.73. The van der Waals surface area contributed by atoms with Crippen LogP contribution in [0.25, 0.3) is 0 Å². The minimum Gasteiger partial charge on any atom is -0.355 e. The molecule has 2 N–H and O–H groups in total. The highest BCUT2D eigenvalue weighted by Gasteiger charge is 2.09. The topological polar surface area (TPSA) is 41.1 Å². The molecule has 0 saturated heterocycles. The lowest BCUT2D eigenvalue weighted by atomic mass is 10.1. The number of nitrogens with one attached hydrogen (secondary N) is 2. The van der Waals surface area contributed by atoms with Crippen molar-refractivity contribution in [3.05, 3.63) is 0 Å². The Balaban J connectivity index is 3.35. The molecule has 96 valence electrons. The van der Waals surface area contributed by atoms with Crippen LogP contribution < -0.4 is 10.6 Å². The predicted molar refractivity (Wildman–Crippen MR) is 69.5 cm³/mol. The van der Waals surface area contributed by atoms with Crippen LogP contribution >= 0.6 is 0 Å². The quantitative estimate of drug-likeness (QED) is 0.564. The van der Waals surface area contributed by atoms with Gasteiger partial charge in [0.05, 0.1) is 6.04 Å². The molecule has 1 atom stereocenters. The van der Waals surface area contributed by atoms with E-state index in [0.717, 1.165) is 19.5 Å². The fraction of sp³-hybridized carbons (Fsp3) is 0.923. The van der Waals surface area contributed by atoms with E-state index in [4.69, 9.17) is 0 Å². The van der Waals surface area contributed by atoms with Gasteiger partial charge in [-0.25, -0.2) is 0 Å². The second kappa shape index (κ2) is 10.9. The molecule has 3 heteroatoms. The molecule has 16 heavy (non-hydrogen) atoms. The van der Waals surface area contributed by atoms with Crippen molar-refractivity contribution in [2.75, 3.05) is 13.1 Å². The van der Waals surface area contributed by atoms with Crippen LogP contribution in [0.3, 0.4) is 0 Å². The summed E-state index contributed by atoms with van der Waals surface area (Å²) in [5.74, 6) is 0.121. The summed E-state index contributed by atoms with van der Waals surface area (Å²) in [5, 5.41) is 6.15. The Bertz CT molecular complexity index is 171. The third-order valence-electron chi connectivity index (χ3n) is 2.67. The van der Waals surface area contributed by atoms with Crippen LogP contribution in [0.2, 0.25) is 0 Å². The molecule has 0 fully saturated rings. The first kappa shape index (κ1) is 15.4. The summed E-state index contributed by atoms with van der Waals surface area (Å²) in [7, 11) is 0. The highest BCUT2D eigenvalue weighted by Crippen LogP contribution is 2.01. The largest absolute Gasteiger partial charge is 0.355 e. The monoisotopic (exact) mass is 228 g/mol. The van der Waals surface area contributed by atoms with Gasteiger partial charge in [0, 0.05) is 6.54 Å². The molecule has 1 unspecified atom stereocenters. The van der Waals surface area contributed by atoms with E-state index in [1.807, 2.05) is 6.92 Å². The molecule has 0 aromatic carbocycles. The van der Waals surface area contributed by atoms with Gasteiger partial charge in [-0.15, -0.1) is 0 Å². The van der Waals surface area contributed by atoms with E-state index in [-0.39, 0.29) is 11.9 Å². The summed E-state index contributed by atoms with van der Waals surface area (Å²) in [4.78, 5) is 11.5. The number of rotatable bonds is 10. The molecule has 0 aliphatic rings. The molecule has 0 aliphatic carbocycles. The average Bonchev–Trinajstić information content (AvgIpc) is 2.30. The second-order valence-electron chi connectivity index (χ2n) is 4.38. The first-order valence-corrected chi connectivity index (χ1v) is 6.73. The molecular formula is C13H28N2O. The van der Waals surface area contributed by atoms with E-state index < -0.39 is 0 Å². The number of unbranched alkanes of at least 4 members (excludes halogenated alkanes) is 4. The molecule has 0 rings (SSSR count). The highest BCUT2D eigenvalue weighted by molar-refractivity contribution is 5.81. The lowest BCUT2D eigenvalue weighted by Crippen LogP contribution is -2.42. The highest BCUT2D eigenvalue weighted by atomic mass is 16.2. The third-order valence-corrected chi connectivity index (χ3v) is 2.67. The van der Waals surface area contributed by atoms with Gasteiger partial charge in [-0.05, 0) is 26.3 Å². The summed E-state index contributed by atoms with van der Waals surface area (Å²) in [6.45, 7) is 7.94. The van der Waals surface area contributed by atoms with Crippen LogP contribution in [-0.4, -0.2) is 25.0 Å². The molecule has 3 nitrogen and oxygen atoms in total. The van der Waals surface area contributed by atoms with Crippen LogP contribution in [0.4, 0.5) is 0 Å². The van der Waals surface area contributed by atoms with Gasteiger partial charge >= 0.3 is 0 Å². The number of carbonyl (C=O) groups excluding carboxylic acids is 1. The van der Waals surface area contributed by atoms with Crippen LogP contribution in [0.1, 0.15) is 59.3 Å². The Morgan fingerprint density at radius 2 is 1.69 bits per heavy atom. The maximum Gasteiger partial charge on any atom is 0.236 e. The van der Waals surface area contributed by atoms with E-state index in [9.17, 15) is 4.79 Å². The van der Waals surface area contributed by atoms with Gasteiger partial charge in [0.15, 0.2) is 0 Å². The molecule has 0 aromatic rings. The molecule has 0 heterocycles. The Kier molecular flexibility index (Phi) is 10.5. The minimum atomic E-state index is -0.0577. The maximum atomic E-state index is 11.5. The van der Waals surface area contributed by atoms with Crippen molar-refractivity contribution in [2.45, 2.75) is 65.3 Å². The van der Waals surface area contributed by atoms with Gasteiger partial charge in [0.25, 0.3) is 0 Å². The van der Waals surface area contributed by atoms with Gasteiger partial charge in [-0.1, -0.05) is 39.5 Å². The molecule has 0 spiro atoms. The molecule has 0 aromatic heterocycles. The van der Waals surface area contributed by atoms with Crippen LogP contribution in [-0.2, 0) is 4.79 Å². The zero-order valence-corrected chi connectivity index (χ0v) is 11.1. The normalized spacial score (nSPS) is 12.4. The Morgan fingerprint density at radius 1 is 1.00 bits per heavy atom. The van der Waals surface area contributed by atoms with Crippen molar-refractivity contribution >= 4 is 5.91 Å². The Hall–Kier alpha value is -0.570. The standard InChI is InChI=1S/C13H28N2O/c1-4-6-7-8-9-11-14-12(3)13(16)15-10-5-2/h12,14H,4-11H2,1-3H3,(H,15,16). The van der Waals surface area contributed by atoms with Crippen LogP contribution in [0.15, 0.2) is 0 Å². The fourth-order valence-corrected chi connectivity index (χ4v) is 1.54. The van der Waals surface area contributed by atoms with E-state index >= 15 is 0 Å². The molecule has 0 radical (unpaired) electrons. The van der Waals surface area contributed by atoms with E-state index in [1.54, 1.807) is 0 Å². The lowest BCUT2D eigenvalue weighted by molar-refractivity contribution is -0.122. The lowest BCUT2D eigenvalue weighted by Gasteiger charge is -2.13. The van der Waals surface area contributed by atoms with Crippen molar-refractivity contribution in [3.63, 3.8) is 0 Å². The summed E-state index contributed by atoms with van der Waals surface area (Å²) >= 11 is 0. The molecule has 1 amide bonds. The summed E-state index contributed by atoms with van der Waals surface area (Å²) in [5.41, 5.74) is 0. The Labute approximate surface area is 100 Å². The summed E-state index contributed by atoms with van der Waals surface area (Å²) < 4.78 is 0. The van der Waals surface area contributed by atoms with Crippen molar-refractivity contribution in [3.8, 4) is 0 Å². The molecule has 0 bridgehead atoms. The van der Waals surface area contributed by atoms with E-state index in [1.165, 1.54) is 32.1 Å². The van der Waals surface area contributed by atoms with Gasteiger partial charge in [-0.3, -0.25) is 4.79 Å². The second-order valence-corrected chi connectivity index (χ2v) is 4.38. The predicted octanol–water partition coefficient (Wildman–Crippen LogP) is 2.46. The third kappa shape index (κ3) is 8.72. The van der Waals surface area contributed by atoms with Gasteiger partial charge in [-0.2, -0.15) is 0 Å². The number of hydrogen-bond donors (Lipinski definition) is 2. The number of hydrogen-bond acceptors (Lipinski definition) is 2. The van der Waals surface area contributed by atoms with Gasteiger partial charge in [0.1, 0.15) is 0 Å². The zero-order valence-electron chi connectivity index (χ0n) is 11.1. The van der Waals surface area contributed by atoms with Crippen molar-refractivity contribution in [1.82, 2.24) is 10.6 Å². The van der Waals surface area contributed by atoms with Gasteiger partial charge < -0.3 is 10.6 Å². The van der Waals surface area contributed by atoms with Crippen molar-refractivity contribution in [2.24, 2.45) is 0 Å². The number of amides is 1. The van der Waals surface area contributed by atoms with Crippen LogP contribution in [0.5, 0.6) is 0 Å². The van der Waals surface area contributed by atoms with Crippen molar-refractivity contribution < 1.29 is 4.79 Å². The summed E-state index contributed by atoms with van der Waals surface area (Å²) in [6.07, 6.45) is 7.36. The molecule has 0 aliphatic heterocycles. The number of carbonyl (C=O) groups is 1. The fourth-order valence-electron chi connectivity index (χ4n) is 1.54. The molecular weight excluding hydrogens is 200 g/mol. The van der Waals surface area contributed by atoms with E-state index in [2.05, 4.69) is 24.5 Å². The molecule has 0 saturated carbocycles. The Morgan fingerprint density at radius 3 is 2.31 bits per heavy atom. The van der Waals surface area contributed by atoms with Crippen LogP contribution in [0, 0.1) is 0 Å².